The van der Waals surface area contributed by atoms with Crippen LogP contribution in [0.4, 0.5) is 0 Å². The average molecular weight is 253 g/mol. The van der Waals surface area contributed by atoms with Crippen molar-refractivity contribution < 1.29 is 0 Å². The summed E-state index contributed by atoms with van der Waals surface area (Å²) in [5.41, 5.74) is 1.86. The molecule has 0 heterocycles. The molecule has 1 saturated carbocycles. The van der Waals surface area contributed by atoms with Crippen molar-refractivity contribution in [3.8, 4) is 0 Å². The van der Waals surface area contributed by atoms with Crippen LogP contribution in [0.2, 0.25) is 0 Å². The van der Waals surface area contributed by atoms with E-state index in [1.54, 1.807) is 0 Å². The zero-order valence-electron chi connectivity index (χ0n) is 11.9. The van der Waals surface area contributed by atoms with Gasteiger partial charge in [0.1, 0.15) is 0 Å². The monoisotopic (exact) mass is 253 g/mol. The summed E-state index contributed by atoms with van der Waals surface area (Å²) in [5.74, 6) is 0. The Kier molecular flexibility index (Phi) is 3.32. The first-order valence-corrected chi connectivity index (χ1v) is 7.39. The van der Waals surface area contributed by atoms with Crippen molar-refractivity contribution in [2.75, 3.05) is 7.05 Å². The van der Waals surface area contributed by atoms with Crippen LogP contribution in [-0.2, 0) is 0 Å². The van der Waals surface area contributed by atoms with Crippen LogP contribution in [0.25, 0.3) is 10.8 Å². The normalized spacial score (nSPS) is 19.7. The lowest BCUT2D eigenvalue weighted by molar-refractivity contribution is 0.235. The van der Waals surface area contributed by atoms with Gasteiger partial charge in [0.25, 0.3) is 0 Å². The third kappa shape index (κ3) is 2.17. The lowest BCUT2D eigenvalue weighted by atomic mass is 9.76. The fourth-order valence-electron chi connectivity index (χ4n) is 3.85. The van der Waals surface area contributed by atoms with Crippen LogP contribution >= 0.6 is 0 Å². The highest BCUT2D eigenvalue weighted by atomic mass is 14.9. The maximum absolute atomic E-state index is 3.59. The summed E-state index contributed by atoms with van der Waals surface area (Å²) in [6.45, 7) is 2.45. The maximum atomic E-state index is 3.59. The first kappa shape index (κ1) is 12.7. The summed E-state index contributed by atoms with van der Waals surface area (Å²) in [6.07, 6.45) is 5.42. The van der Waals surface area contributed by atoms with Crippen LogP contribution in [-0.4, -0.2) is 7.05 Å². The van der Waals surface area contributed by atoms with Crippen LogP contribution in [0.1, 0.15) is 44.2 Å². The van der Waals surface area contributed by atoms with E-state index in [-0.39, 0.29) is 0 Å². The molecule has 0 saturated heterocycles. The van der Waals surface area contributed by atoms with Crippen molar-refractivity contribution in [2.45, 2.75) is 38.6 Å². The molecule has 1 aliphatic carbocycles. The molecule has 0 aromatic heterocycles. The van der Waals surface area contributed by atoms with Gasteiger partial charge in [0, 0.05) is 6.04 Å². The molecule has 1 N–H and O–H groups in total. The lowest BCUT2D eigenvalue weighted by Gasteiger charge is -2.35. The summed E-state index contributed by atoms with van der Waals surface area (Å²) in [4.78, 5) is 0. The first-order valence-electron chi connectivity index (χ1n) is 7.39. The number of fused-ring (bicyclic) bond motifs is 1. The molecule has 0 amide bonds. The zero-order chi connectivity index (χ0) is 13.3. The Labute approximate surface area is 116 Å². The molecular weight excluding hydrogens is 230 g/mol. The second-order valence-electron chi connectivity index (χ2n) is 6.15. The molecule has 1 fully saturated rings. The molecule has 1 unspecified atom stereocenters. The van der Waals surface area contributed by atoms with E-state index in [4.69, 9.17) is 0 Å². The quantitative estimate of drug-likeness (QED) is 0.837. The molecule has 0 radical (unpaired) electrons. The molecular formula is C18H23N. The minimum absolute atomic E-state index is 0.402. The molecule has 3 rings (SSSR count). The summed E-state index contributed by atoms with van der Waals surface area (Å²) >= 11 is 0. The highest BCUT2D eigenvalue weighted by Crippen LogP contribution is 2.48. The summed E-state index contributed by atoms with van der Waals surface area (Å²) < 4.78 is 0. The van der Waals surface area contributed by atoms with Crippen molar-refractivity contribution in [1.82, 2.24) is 5.32 Å². The van der Waals surface area contributed by atoms with Crippen LogP contribution in [0.3, 0.4) is 0 Å². The van der Waals surface area contributed by atoms with E-state index < -0.39 is 0 Å². The molecule has 0 bridgehead atoms. The van der Waals surface area contributed by atoms with Crippen molar-refractivity contribution in [3.63, 3.8) is 0 Å². The van der Waals surface area contributed by atoms with E-state index in [1.165, 1.54) is 42.0 Å². The van der Waals surface area contributed by atoms with E-state index >= 15 is 0 Å². The highest BCUT2D eigenvalue weighted by Gasteiger charge is 2.37. The van der Waals surface area contributed by atoms with Crippen LogP contribution in [0, 0.1) is 5.41 Å². The van der Waals surface area contributed by atoms with Gasteiger partial charge in [0.2, 0.25) is 0 Å². The smallest absolute Gasteiger partial charge is 0.0378 e. The summed E-state index contributed by atoms with van der Waals surface area (Å²) in [6, 6.07) is 15.9. The number of rotatable bonds is 3. The van der Waals surface area contributed by atoms with Gasteiger partial charge in [-0.25, -0.2) is 0 Å². The second kappa shape index (κ2) is 4.97. The molecule has 1 atom stereocenters. The van der Waals surface area contributed by atoms with Gasteiger partial charge in [0.15, 0.2) is 0 Å². The summed E-state index contributed by atoms with van der Waals surface area (Å²) in [7, 11) is 2.11. The van der Waals surface area contributed by atoms with E-state index in [1.807, 2.05) is 0 Å². The van der Waals surface area contributed by atoms with E-state index in [0.29, 0.717) is 11.5 Å². The van der Waals surface area contributed by atoms with Crippen molar-refractivity contribution in [3.05, 3.63) is 48.0 Å². The summed E-state index contributed by atoms with van der Waals surface area (Å²) in [5, 5.41) is 6.34. The standard InChI is InChI=1S/C18H23N/c1-18(12-5-6-13-18)17(19-2)16-11-7-9-14-8-3-4-10-15(14)16/h3-4,7-11,17,19H,5-6,12-13H2,1-2H3. The molecule has 0 spiro atoms. The topological polar surface area (TPSA) is 12.0 Å². The predicted octanol–water partition coefficient (Wildman–Crippen LogP) is 4.68. The molecule has 2 aromatic rings. The fourth-order valence-corrected chi connectivity index (χ4v) is 3.85. The maximum Gasteiger partial charge on any atom is 0.0378 e. The predicted molar refractivity (Wildman–Crippen MR) is 82.3 cm³/mol. The van der Waals surface area contributed by atoms with Gasteiger partial charge in [-0.3, -0.25) is 0 Å². The van der Waals surface area contributed by atoms with Crippen LogP contribution < -0.4 is 5.32 Å². The molecule has 100 valence electrons. The lowest BCUT2D eigenvalue weighted by Crippen LogP contribution is -2.32. The Hall–Kier alpha value is -1.34. The minimum atomic E-state index is 0.402. The Bertz CT molecular complexity index is 561. The van der Waals surface area contributed by atoms with Gasteiger partial charge in [0.05, 0.1) is 0 Å². The van der Waals surface area contributed by atoms with Crippen LogP contribution in [0.15, 0.2) is 42.5 Å². The largest absolute Gasteiger partial charge is 0.313 e. The molecule has 1 heteroatoms. The Balaban J connectivity index is 2.11. The molecule has 2 aromatic carbocycles. The Morgan fingerprint density at radius 1 is 1.00 bits per heavy atom. The molecule has 1 aliphatic rings. The average Bonchev–Trinajstić information content (AvgIpc) is 2.87. The van der Waals surface area contributed by atoms with Gasteiger partial charge < -0.3 is 5.32 Å². The number of nitrogens with one attached hydrogen (secondary N) is 1. The fraction of sp³-hybridized carbons (Fsp3) is 0.444. The number of hydrogen-bond donors (Lipinski definition) is 1. The van der Waals surface area contributed by atoms with Crippen molar-refractivity contribution >= 4 is 10.8 Å². The van der Waals surface area contributed by atoms with Gasteiger partial charge >= 0.3 is 0 Å². The number of hydrogen-bond acceptors (Lipinski definition) is 1. The van der Waals surface area contributed by atoms with Gasteiger partial charge in [-0.2, -0.15) is 0 Å². The highest BCUT2D eigenvalue weighted by molar-refractivity contribution is 5.86. The first-order chi connectivity index (χ1) is 9.24. The second-order valence-corrected chi connectivity index (χ2v) is 6.15. The van der Waals surface area contributed by atoms with Gasteiger partial charge in [-0.15, -0.1) is 0 Å². The van der Waals surface area contributed by atoms with E-state index in [2.05, 4.69) is 61.8 Å². The van der Waals surface area contributed by atoms with Gasteiger partial charge in [-0.05, 0) is 41.6 Å². The minimum Gasteiger partial charge on any atom is -0.313 e. The SMILES string of the molecule is CNC(c1cccc2ccccc12)C1(C)CCCC1. The number of benzene rings is 2. The Morgan fingerprint density at radius 3 is 2.42 bits per heavy atom. The van der Waals surface area contributed by atoms with E-state index in [9.17, 15) is 0 Å². The van der Waals surface area contributed by atoms with Crippen LogP contribution in [0.5, 0.6) is 0 Å². The molecule has 1 nitrogen and oxygen atoms in total. The molecule has 19 heavy (non-hydrogen) atoms. The van der Waals surface area contributed by atoms with Crippen molar-refractivity contribution in [2.24, 2.45) is 5.41 Å². The Morgan fingerprint density at radius 2 is 1.68 bits per heavy atom. The van der Waals surface area contributed by atoms with E-state index in [0.717, 1.165) is 0 Å². The zero-order valence-corrected chi connectivity index (χ0v) is 11.9. The van der Waals surface area contributed by atoms with Gasteiger partial charge in [-0.1, -0.05) is 62.2 Å². The third-order valence-electron chi connectivity index (χ3n) is 4.87. The third-order valence-corrected chi connectivity index (χ3v) is 4.87. The molecule has 0 aliphatic heterocycles. The van der Waals surface area contributed by atoms with Crippen molar-refractivity contribution in [1.29, 1.82) is 0 Å².